The summed E-state index contributed by atoms with van der Waals surface area (Å²) < 4.78 is 10.9. The lowest BCUT2D eigenvalue weighted by Gasteiger charge is -2.32. The summed E-state index contributed by atoms with van der Waals surface area (Å²) in [6.45, 7) is 8.27. The zero-order valence-corrected chi connectivity index (χ0v) is 13.6. The maximum atomic E-state index is 12.3. The van der Waals surface area contributed by atoms with Crippen molar-refractivity contribution in [2.75, 3.05) is 19.8 Å². The van der Waals surface area contributed by atoms with Crippen molar-refractivity contribution < 1.29 is 14.3 Å². The maximum absolute atomic E-state index is 12.3. The van der Waals surface area contributed by atoms with Crippen LogP contribution in [0.15, 0.2) is 11.6 Å². The van der Waals surface area contributed by atoms with Gasteiger partial charge in [0, 0.05) is 13.2 Å². The molecule has 0 spiro atoms. The Morgan fingerprint density at radius 3 is 3.00 bits per heavy atom. The molecule has 4 nitrogen and oxygen atoms in total. The van der Waals surface area contributed by atoms with Gasteiger partial charge in [-0.25, -0.2) is 0 Å². The molecule has 21 heavy (non-hydrogen) atoms. The number of hydrogen-bond donors (Lipinski definition) is 1. The number of ether oxygens (including phenoxy) is 2. The predicted octanol–water partition coefficient (Wildman–Crippen LogP) is 2.68. The van der Waals surface area contributed by atoms with Gasteiger partial charge in [-0.05, 0) is 51.4 Å². The van der Waals surface area contributed by atoms with E-state index in [1.165, 1.54) is 5.57 Å². The SMILES string of the molecule is CCOC(=O)C(NCC1CCCO1)C1CC(C)=CC(C)C1. The van der Waals surface area contributed by atoms with Crippen molar-refractivity contribution in [3.8, 4) is 0 Å². The highest BCUT2D eigenvalue weighted by Crippen LogP contribution is 2.30. The first-order valence-electron chi connectivity index (χ1n) is 8.29. The summed E-state index contributed by atoms with van der Waals surface area (Å²) >= 11 is 0. The number of carbonyl (C=O) groups is 1. The highest BCUT2D eigenvalue weighted by atomic mass is 16.5. The first-order chi connectivity index (χ1) is 10.1. The van der Waals surface area contributed by atoms with E-state index in [9.17, 15) is 4.79 Å². The van der Waals surface area contributed by atoms with E-state index in [1.807, 2.05) is 6.92 Å². The number of rotatable bonds is 6. The largest absolute Gasteiger partial charge is 0.465 e. The van der Waals surface area contributed by atoms with Crippen LogP contribution in [0.1, 0.15) is 46.5 Å². The Balaban J connectivity index is 1.97. The van der Waals surface area contributed by atoms with Gasteiger partial charge in [0.05, 0.1) is 12.7 Å². The summed E-state index contributed by atoms with van der Waals surface area (Å²) in [6, 6.07) is -0.208. The second-order valence-corrected chi connectivity index (χ2v) is 6.46. The van der Waals surface area contributed by atoms with Crippen LogP contribution in [0, 0.1) is 11.8 Å². The third kappa shape index (κ3) is 4.82. The average molecular weight is 295 g/mol. The number of carbonyl (C=O) groups excluding carboxylic acids is 1. The highest BCUT2D eigenvalue weighted by molar-refractivity contribution is 5.76. The lowest BCUT2D eigenvalue weighted by atomic mass is 9.79. The van der Waals surface area contributed by atoms with E-state index in [2.05, 4.69) is 25.2 Å². The van der Waals surface area contributed by atoms with Crippen LogP contribution < -0.4 is 5.32 Å². The van der Waals surface area contributed by atoms with Gasteiger partial charge in [0.25, 0.3) is 0 Å². The van der Waals surface area contributed by atoms with Crippen LogP contribution in [0.3, 0.4) is 0 Å². The van der Waals surface area contributed by atoms with Crippen molar-refractivity contribution >= 4 is 5.97 Å². The van der Waals surface area contributed by atoms with Crippen LogP contribution in [-0.2, 0) is 14.3 Å². The van der Waals surface area contributed by atoms with E-state index < -0.39 is 0 Å². The molecule has 0 aromatic rings. The first-order valence-corrected chi connectivity index (χ1v) is 8.29. The zero-order valence-electron chi connectivity index (χ0n) is 13.6. The molecule has 0 radical (unpaired) electrons. The molecule has 4 heteroatoms. The van der Waals surface area contributed by atoms with Crippen molar-refractivity contribution in [2.45, 2.75) is 58.6 Å². The lowest BCUT2D eigenvalue weighted by molar-refractivity contribution is -0.147. The number of hydrogen-bond acceptors (Lipinski definition) is 4. The summed E-state index contributed by atoms with van der Waals surface area (Å²) in [5, 5.41) is 3.43. The quantitative estimate of drug-likeness (QED) is 0.604. The molecule has 1 N–H and O–H groups in total. The van der Waals surface area contributed by atoms with Gasteiger partial charge in [0.15, 0.2) is 0 Å². The molecule has 1 aliphatic heterocycles. The molecule has 1 saturated heterocycles. The average Bonchev–Trinajstić information content (AvgIpc) is 2.91. The van der Waals surface area contributed by atoms with Gasteiger partial charge in [0.1, 0.15) is 6.04 Å². The Kier molecular flexibility index (Phi) is 6.24. The van der Waals surface area contributed by atoms with Gasteiger partial charge >= 0.3 is 5.97 Å². The van der Waals surface area contributed by atoms with Gasteiger partial charge < -0.3 is 14.8 Å². The van der Waals surface area contributed by atoms with Crippen LogP contribution >= 0.6 is 0 Å². The van der Waals surface area contributed by atoms with Crippen molar-refractivity contribution in [3.05, 3.63) is 11.6 Å². The highest BCUT2D eigenvalue weighted by Gasteiger charge is 2.33. The Morgan fingerprint density at radius 1 is 1.57 bits per heavy atom. The molecule has 4 atom stereocenters. The molecule has 0 aromatic carbocycles. The molecule has 4 unspecified atom stereocenters. The smallest absolute Gasteiger partial charge is 0.323 e. The molecule has 1 heterocycles. The van der Waals surface area contributed by atoms with Crippen LogP contribution in [0.2, 0.25) is 0 Å². The van der Waals surface area contributed by atoms with E-state index in [0.29, 0.717) is 18.4 Å². The fourth-order valence-corrected chi connectivity index (χ4v) is 3.59. The van der Waals surface area contributed by atoms with E-state index in [0.717, 1.165) is 38.8 Å². The summed E-state index contributed by atoms with van der Waals surface area (Å²) in [7, 11) is 0. The molecular weight excluding hydrogens is 266 g/mol. The van der Waals surface area contributed by atoms with Gasteiger partial charge in [-0.1, -0.05) is 18.6 Å². The minimum atomic E-state index is -0.208. The van der Waals surface area contributed by atoms with Crippen LogP contribution in [0.5, 0.6) is 0 Å². The molecule has 1 aliphatic carbocycles. The normalized spacial score (nSPS) is 30.8. The lowest BCUT2D eigenvalue weighted by Crippen LogP contribution is -2.47. The van der Waals surface area contributed by atoms with E-state index in [-0.39, 0.29) is 18.1 Å². The van der Waals surface area contributed by atoms with E-state index in [4.69, 9.17) is 9.47 Å². The molecule has 0 saturated carbocycles. The monoisotopic (exact) mass is 295 g/mol. The second-order valence-electron chi connectivity index (χ2n) is 6.46. The van der Waals surface area contributed by atoms with Crippen molar-refractivity contribution in [1.29, 1.82) is 0 Å². The summed E-state index contributed by atoms with van der Waals surface area (Å²) in [5.41, 5.74) is 1.38. The van der Waals surface area contributed by atoms with E-state index in [1.54, 1.807) is 0 Å². The molecule has 2 rings (SSSR count). The minimum Gasteiger partial charge on any atom is -0.465 e. The van der Waals surface area contributed by atoms with E-state index >= 15 is 0 Å². The van der Waals surface area contributed by atoms with Gasteiger partial charge in [-0.15, -0.1) is 0 Å². The third-order valence-electron chi connectivity index (χ3n) is 4.43. The number of esters is 1. The Bertz CT molecular complexity index is 374. The zero-order chi connectivity index (χ0) is 15.2. The Labute approximate surface area is 128 Å². The van der Waals surface area contributed by atoms with Gasteiger partial charge in [0.2, 0.25) is 0 Å². The second kappa shape index (κ2) is 7.95. The fraction of sp³-hybridized carbons (Fsp3) is 0.824. The van der Waals surface area contributed by atoms with Crippen molar-refractivity contribution in [2.24, 2.45) is 11.8 Å². The van der Waals surface area contributed by atoms with Crippen LogP contribution in [-0.4, -0.2) is 37.9 Å². The van der Waals surface area contributed by atoms with Gasteiger partial charge in [-0.3, -0.25) is 4.79 Å². The standard InChI is InChI=1S/C17H29NO3/c1-4-20-17(19)16(18-11-15-6-5-7-21-15)14-9-12(2)8-13(3)10-14/h8,12,14-16,18H,4-7,9-11H2,1-3H3. The first kappa shape index (κ1) is 16.5. The van der Waals surface area contributed by atoms with Crippen LogP contribution in [0.4, 0.5) is 0 Å². The molecule has 0 bridgehead atoms. The molecule has 1 fully saturated rings. The molecule has 120 valence electrons. The molecule has 2 aliphatic rings. The maximum Gasteiger partial charge on any atom is 0.323 e. The van der Waals surface area contributed by atoms with Crippen molar-refractivity contribution in [3.63, 3.8) is 0 Å². The van der Waals surface area contributed by atoms with Gasteiger partial charge in [-0.2, -0.15) is 0 Å². The fourth-order valence-electron chi connectivity index (χ4n) is 3.59. The Hall–Kier alpha value is -0.870. The number of allylic oxidation sites excluding steroid dienone is 2. The third-order valence-corrected chi connectivity index (χ3v) is 4.43. The minimum absolute atomic E-state index is 0.109. The number of nitrogens with one attached hydrogen (secondary N) is 1. The summed E-state index contributed by atoms with van der Waals surface area (Å²) in [4.78, 5) is 12.3. The molecule has 0 aromatic heterocycles. The predicted molar refractivity (Wildman–Crippen MR) is 83.0 cm³/mol. The summed E-state index contributed by atoms with van der Waals surface area (Å²) in [6.07, 6.45) is 6.80. The van der Waals surface area contributed by atoms with Crippen molar-refractivity contribution in [1.82, 2.24) is 5.32 Å². The topological polar surface area (TPSA) is 47.6 Å². The van der Waals surface area contributed by atoms with Crippen LogP contribution in [0.25, 0.3) is 0 Å². The molecule has 0 amide bonds. The Morgan fingerprint density at radius 2 is 2.38 bits per heavy atom. The summed E-state index contributed by atoms with van der Waals surface area (Å²) in [5.74, 6) is 0.748. The molecular formula is C17H29NO3.